The SMILES string of the molecule is COC(OC)c1ccc(-c2ccc(C(OC)OC)cc2)cc1. The number of hydrogen-bond acceptors (Lipinski definition) is 4. The maximum atomic E-state index is 5.25. The summed E-state index contributed by atoms with van der Waals surface area (Å²) in [5.41, 5.74) is 4.24. The zero-order valence-corrected chi connectivity index (χ0v) is 13.4. The van der Waals surface area contributed by atoms with Crippen molar-refractivity contribution in [3.8, 4) is 11.1 Å². The zero-order chi connectivity index (χ0) is 15.9. The van der Waals surface area contributed by atoms with Crippen molar-refractivity contribution in [2.45, 2.75) is 12.6 Å². The molecule has 0 fully saturated rings. The van der Waals surface area contributed by atoms with Gasteiger partial charge in [0.05, 0.1) is 0 Å². The van der Waals surface area contributed by atoms with Crippen LogP contribution in [-0.2, 0) is 18.9 Å². The van der Waals surface area contributed by atoms with E-state index < -0.39 is 0 Å². The van der Waals surface area contributed by atoms with Crippen molar-refractivity contribution in [3.05, 3.63) is 59.7 Å². The summed E-state index contributed by atoms with van der Waals surface area (Å²) in [6, 6.07) is 16.3. The van der Waals surface area contributed by atoms with Gasteiger partial charge in [0.25, 0.3) is 0 Å². The third-order valence-electron chi connectivity index (χ3n) is 3.56. The molecule has 0 atom stereocenters. The molecular formula is C18H22O4. The van der Waals surface area contributed by atoms with Gasteiger partial charge >= 0.3 is 0 Å². The number of benzene rings is 2. The second-order valence-electron chi connectivity index (χ2n) is 4.85. The number of ether oxygens (including phenoxy) is 4. The third kappa shape index (κ3) is 3.72. The van der Waals surface area contributed by atoms with E-state index in [-0.39, 0.29) is 12.6 Å². The molecule has 4 heteroatoms. The van der Waals surface area contributed by atoms with Crippen LogP contribution in [0.25, 0.3) is 11.1 Å². The molecule has 0 amide bonds. The molecule has 0 spiro atoms. The first-order valence-electron chi connectivity index (χ1n) is 7.05. The van der Waals surface area contributed by atoms with Crippen LogP contribution >= 0.6 is 0 Å². The Morgan fingerprint density at radius 2 is 0.773 bits per heavy atom. The summed E-state index contributed by atoms with van der Waals surface area (Å²) in [5.74, 6) is 0. The molecule has 0 saturated carbocycles. The van der Waals surface area contributed by atoms with Crippen LogP contribution in [0.5, 0.6) is 0 Å². The van der Waals surface area contributed by atoms with Crippen LogP contribution in [0.2, 0.25) is 0 Å². The monoisotopic (exact) mass is 302 g/mol. The van der Waals surface area contributed by atoms with E-state index in [1.54, 1.807) is 28.4 Å². The molecule has 4 nitrogen and oxygen atoms in total. The molecule has 118 valence electrons. The van der Waals surface area contributed by atoms with E-state index in [4.69, 9.17) is 18.9 Å². The molecule has 2 aromatic rings. The molecule has 0 bridgehead atoms. The molecule has 0 radical (unpaired) electrons. The lowest BCUT2D eigenvalue weighted by Gasteiger charge is -2.15. The predicted molar refractivity (Wildman–Crippen MR) is 85.4 cm³/mol. The van der Waals surface area contributed by atoms with Gasteiger partial charge in [-0.1, -0.05) is 48.5 Å². The van der Waals surface area contributed by atoms with Crippen LogP contribution in [0, 0.1) is 0 Å². The van der Waals surface area contributed by atoms with Gasteiger partial charge in [-0.05, 0) is 11.1 Å². The Bertz CT molecular complexity index is 501. The Labute approximate surface area is 131 Å². The maximum absolute atomic E-state index is 5.25. The first kappa shape index (κ1) is 16.6. The highest BCUT2D eigenvalue weighted by Gasteiger charge is 2.10. The molecule has 2 aromatic carbocycles. The maximum Gasteiger partial charge on any atom is 0.183 e. The lowest BCUT2D eigenvalue weighted by Crippen LogP contribution is -2.03. The standard InChI is InChI=1S/C18H22O4/c1-19-17(20-2)15-9-5-13(6-10-15)14-7-11-16(12-8-14)18(21-3)22-4/h5-12,17-18H,1-4H3. The summed E-state index contributed by atoms with van der Waals surface area (Å²) in [6.45, 7) is 0. The van der Waals surface area contributed by atoms with E-state index in [0.29, 0.717) is 0 Å². The van der Waals surface area contributed by atoms with Crippen LogP contribution in [-0.4, -0.2) is 28.4 Å². The van der Waals surface area contributed by atoms with Gasteiger partial charge < -0.3 is 18.9 Å². The number of rotatable bonds is 7. The average Bonchev–Trinajstić information content (AvgIpc) is 2.58. The first-order chi connectivity index (χ1) is 10.7. The van der Waals surface area contributed by atoms with E-state index in [9.17, 15) is 0 Å². The van der Waals surface area contributed by atoms with Crippen molar-refractivity contribution in [1.29, 1.82) is 0 Å². The molecule has 0 aliphatic carbocycles. The van der Waals surface area contributed by atoms with Crippen LogP contribution in [0.15, 0.2) is 48.5 Å². The zero-order valence-electron chi connectivity index (χ0n) is 13.4. The molecule has 0 aliphatic rings. The highest BCUT2D eigenvalue weighted by Crippen LogP contribution is 2.26. The minimum atomic E-state index is -0.333. The lowest BCUT2D eigenvalue weighted by molar-refractivity contribution is -0.106. The quantitative estimate of drug-likeness (QED) is 0.726. The summed E-state index contributed by atoms with van der Waals surface area (Å²) in [7, 11) is 6.51. The Morgan fingerprint density at radius 3 is 1.00 bits per heavy atom. The Balaban J connectivity index is 2.18. The average molecular weight is 302 g/mol. The molecule has 0 unspecified atom stereocenters. The second kappa shape index (κ2) is 8.06. The van der Waals surface area contributed by atoms with Crippen molar-refractivity contribution < 1.29 is 18.9 Å². The highest BCUT2D eigenvalue weighted by molar-refractivity contribution is 5.64. The fraction of sp³-hybridized carbons (Fsp3) is 0.333. The van der Waals surface area contributed by atoms with Crippen molar-refractivity contribution in [2.24, 2.45) is 0 Å². The summed E-state index contributed by atoms with van der Waals surface area (Å²) >= 11 is 0. The fourth-order valence-electron chi connectivity index (χ4n) is 2.40. The van der Waals surface area contributed by atoms with Gasteiger partial charge in [-0.15, -0.1) is 0 Å². The van der Waals surface area contributed by atoms with E-state index >= 15 is 0 Å². The number of hydrogen-bond donors (Lipinski definition) is 0. The van der Waals surface area contributed by atoms with Gasteiger partial charge in [0.15, 0.2) is 12.6 Å². The molecule has 0 heterocycles. The molecule has 22 heavy (non-hydrogen) atoms. The van der Waals surface area contributed by atoms with Crippen molar-refractivity contribution in [1.82, 2.24) is 0 Å². The summed E-state index contributed by atoms with van der Waals surface area (Å²) in [4.78, 5) is 0. The van der Waals surface area contributed by atoms with Gasteiger partial charge in [-0.2, -0.15) is 0 Å². The van der Waals surface area contributed by atoms with E-state index in [1.807, 2.05) is 24.3 Å². The minimum absolute atomic E-state index is 0.333. The molecule has 0 aliphatic heterocycles. The molecule has 0 saturated heterocycles. The van der Waals surface area contributed by atoms with Crippen molar-refractivity contribution in [3.63, 3.8) is 0 Å². The van der Waals surface area contributed by atoms with Crippen LogP contribution in [0.3, 0.4) is 0 Å². The van der Waals surface area contributed by atoms with Gasteiger partial charge in [0.2, 0.25) is 0 Å². The van der Waals surface area contributed by atoms with Crippen LogP contribution < -0.4 is 0 Å². The van der Waals surface area contributed by atoms with Gasteiger partial charge in [-0.3, -0.25) is 0 Å². The number of methoxy groups -OCH3 is 4. The largest absolute Gasteiger partial charge is 0.352 e. The minimum Gasteiger partial charge on any atom is -0.352 e. The molecule has 2 rings (SSSR count). The van der Waals surface area contributed by atoms with Crippen molar-refractivity contribution >= 4 is 0 Å². The predicted octanol–water partition coefficient (Wildman–Crippen LogP) is 3.94. The van der Waals surface area contributed by atoms with Crippen LogP contribution in [0.1, 0.15) is 23.7 Å². The van der Waals surface area contributed by atoms with E-state index in [1.165, 1.54) is 0 Å². The van der Waals surface area contributed by atoms with E-state index in [0.717, 1.165) is 22.3 Å². The Morgan fingerprint density at radius 1 is 0.500 bits per heavy atom. The van der Waals surface area contributed by atoms with Crippen molar-refractivity contribution in [2.75, 3.05) is 28.4 Å². The lowest BCUT2D eigenvalue weighted by atomic mass is 10.0. The van der Waals surface area contributed by atoms with Gasteiger partial charge in [0.1, 0.15) is 0 Å². The fourth-order valence-corrected chi connectivity index (χ4v) is 2.40. The third-order valence-corrected chi connectivity index (χ3v) is 3.56. The first-order valence-corrected chi connectivity index (χ1v) is 7.05. The summed E-state index contributed by atoms with van der Waals surface area (Å²) in [5, 5.41) is 0. The van der Waals surface area contributed by atoms with Gasteiger partial charge in [-0.25, -0.2) is 0 Å². The normalized spacial score (nSPS) is 11.4. The second-order valence-corrected chi connectivity index (χ2v) is 4.85. The Kier molecular flexibility index (Phi) is 6.10. The molecular weight excluding hydrogens is 280 g/mol. The molecule has 0 aromatic heterocycles. The van der Waals surface area contributed by atoms with E-state index in [2.05, 4.69) is 24.3 Å². The summed E-state index contributed by atoms with van der Waals surface area (Å²) in [6.07, 6.45) is -0.666. The van der Waals surface area contributed by atoms with Crippen LogP contribution in [0.4, 0.5) is 0 Å². The molecule has 0 N–H and O–H groups in total. The highest BCUT2D eigenvalue weighted by atomic mass is 16.7. The summed E-state index contributed by atoms with van der Waals surface area (Å²) < 4.78 is 21.0. The van der Waals surface area contributed by atoms with Gasteiger partial charge in [0, 0.05) is 39.6 Å². The smallest absolute Gasteiger partial charge is 0.183 e. The Hall–Kier alpha value is -1.72. The topological polar surface area (TPSA) is 36.9 Å².